The molecule has 0 saturated carbocycles. The van der Waals surface area contributed by atoms with Gasteiger partial charge in [0, 0.05) is 0 Å². The van der Waals surface area contributed by atoms with Crippen molar-refractivity contribution < 1.29 is 0 Å². The summed E-state index contributed by atoms with van der Waals surface area (Å²) in [6.07, 6.45) is 0. The van der Waals surface area contributed by atoms with Crippen LogP contribution in [0.4, 0.5) is 0 Å². The highest BCUT2D eigenvalue weighted by Crippen LogP contribution is 2.40. The first-order valence-corrected chi connectivity index (χ1v) is 10.0. The van der Waals surface area contributed by atoms with Gasteiger partial charge in [-0.3, -0.25) is 0 Å². The molecule has 4 aromatic rings. The van der Waals surface area contributed by atoms with E-state index < -0.39 is 0 Å². The minimum atomic E-state index is 0.525. The van der Waals surface area contributed by atoms with Crippen LogP contribution in [-0.4, -0.2) is 0 Å². The lowest BCUT2D eigenvalue weighted by Crippen LogP contribution is -1.95. The van der Waals surface area contributed by atoms with E-state index in [0.29, 0.717) is 11.8 Å². The van der Waals surface area contributed by atoms with Crippen LogP contribution < -0.4 is 0 Å². The Hall–Kier alpha value is -2.60. The third-order valence-electron chi connectivity index (χ3n) is 5.82. The van der Waals surface area contributed by atoms with Crippen molar-refractivity contribution in [1.82, 2.24) is 0 Å². The van der Waals surface area contributed by atoms with Crippen LogP contribution in [-0.2, 0) is 0 Å². The molecule has 0 amide bonds. The van der Waals surface area contributed by atoms with E-state index in [1.807, 2.05) is 0 Å². The molecule has 0 N–H and O–H groups in total. The molecule has 0 radical (unpaired) electrons. The van der Waals surface area contributed by atoms with Crippen molar-refractivity contribution in [3.05, 3.63) is 83.4 Å². The Morgan fingerprint density at radius 2 is 1.07 bits per heavy atom. The van der Waals surface area contributed by atoms with E-state index in [9.17, 15) is 0 Å². The van der Waals surface area contributed by atoms with E-state index in [-0.39, 0.29) is 0 Å². The SMILES string of the molecule is Cc1c(-c2ccccc2)c2cc(C(C)C)ccc2c2ccc(C(C)C)cc12. The van der Waals surface area contributed by atoms with Crippen molar-refractivity contribution in [3.8, 4) is 11.1 Å². The largest absolute Gasteiger partial charge is 0.0622 e. The van der Waals surface area contributed by atoms with Crippen LogP contribution in [0.25, 0.3) is 32.7 Å². The van der Waals surface area contributed by atoms with Crippen LogP contribution in [0.1, 0.15) is 56.2 Å². The first-order valence-electron chi connectivity index (χ1n) is 10.0. The molecule has 4 aromatic carbocycles. The molecule has 0 atom stereocenters. The average molecular weight is 353 g/mol. The second-order valence-corrected chi connectivity index (χ2v) is 8.29. The Morgan fingerprint density at radius 1 is 0.556 bits per heavy atom. The summed E-state index contributed by atoms with van der Waals surface area (Å²) >= 11 is 0. The average Bonchev–Trinajstić information content (AvgIpc) is 2.68. The molecule has 0 spiro atoms. The van der Waals surface area contributed by atoms with Crippen LogP contribution >= 0.6 is 0 Å². The topological polar surface area (TPSA) is 0 Å². The fourth-order valence-electron chi connectivity index (χ4n) is 4.14. The zero-order chi connectivity index (χ0) is 19.1. The number of fused-ring (bicyclic) bond motifs is 3. The Kier molecular flexibility index (Phi) is 4.52. The summed E-state index contributed by atoms with van der Waals surface area (Å²) in [5.41, 5.74) is 6.87. The lowest BCUT2D eigenvalue weighted by Gasteiger charge is -2.18. The fraction of sp³-hybridized carbons (Fsp3) is 0.259. The predicted octanol–water partition coefficient (Wildman–Crippen LogP) is 8.22. The number of aryl methyl sites for hydroxylation is 1. The van der Waals surface area contributed by atoms with Gasteiger partial charge < -0.3 is 0 Å². The maximum absolute atomic E-state index is 2.41. The zero-order valence-electron chi connectivity index (χ0n) is 17.0. The van der Waals surface area contributed by atoms with Crippen molar-refractivity contribution >= 4 is 21.5 Å². The molecule has 0 aromatic heterocycles. The van der Waals surface area contributed by atoms with E-state index in [0.717, 1.165) is 0 Å². The highest BCUT2D eigenvalue weighted by Gasteiger charge is 2.15. The molecule has 0 unspecified atom stereocenters. The monoisotopic (exact) mass is 352 g/mol. The van der Waals surface area contributed by atoms with Crippen LogP contribution in [0.2, 0.25) is 0 Å². The zero-order valence-corrected chi connectivity index (χ0v) is 17.0. The van der Waals surface area contributed by atoms with Gasteiger partial charge in [0.1, 0.15) is 0 Å². The molecule has 0 aliphatic heterocycles. The van der Waals surface area contributed by atoms with Crippen molar-refractivity contribution in [2.45, 2.75) is 46.5 Å². The lowest BCUT2D eigenvalue weighted by atomic mass is 9.85. The summed E-state index contributed by atoms with van der Waals surface area (Å²) in [7, 11) is 0. The van der Waals surface area contributed by atoms with Gasteiger partial charge in [-0.2, -0.15) is 0 Å². The Balaban J connectivity index is 2.18. The summed E-state index contributed by atoms with van der Waals surface area (Å²) in [5.74, 6) is 1.06. The number of rotatable bonds is 3. The molecule has 0 saturated heterocycles. The van der Waals surface area contributed by atoms with Crippen molar-refractivity contribution in [2.75, 3.05) is 0 Å². The van der Waals surface area contributed by atoms with Crippen molar-refractivity contribution in [1.29, 1.82) is 0 Å². The second kappa shape index (κ2) is 6.85. The van der Waals surface area contributed by atoms with Gasteiger partial charge in [0.25, 0.3) is 0 Å². The highest BCUT2D eigenvalue weighted by molar-refractivity contribution is 6.16. The fourth-order valence-corrected chi connectivity index (χ4v) is 4.14. The summed E-state index contributed by atoms with van der Waals surface area (Å²) in [4.78, 5) is 0. The van der Waals surface area contributed by atoms with Gasteiger partial charge in [-0.25, -0.2) is 0 Å². The summed E-state index contributed by atoms with van der Waals surface area (Å²) in [6.45, 7) is 11.4. The van der Waals surface area contributed by atoms with Gasteiger partial charge in [0.05, 0.1) is 0 Å². The standard InChI is InChI=1S/C27H28/c1-17(2)21-11-13-23-24-14-12-22(18(3)4)16-26(24)27(19(5)25(23)15-21)20-9-7-6-8-10-20/h6-18H,1-5H3. The van der Waals surface area contributed by atoms with Crippen LogP contribution in [0.5, 0.6) is 0 Å². The predicted molar refractivity (Wildman–Crippen MR) is 120 cm³/mol. The van der Waals surface area contributed by atoms with E-state index in [2.05, 4.69) is 101 Å². The summed E-state index contributed by atoms with van der Waals surface area (Å²) in [5, 5.41) is 5.47. The third kappa shape index (κ3) is 3.04. The Labute approximate surface area is 162 Å². The van der Waals surface area contributed by atoms with Crippen LogP contribution in [0, 0.1) is 6.92 Å². The molecule has 136 valence electrons. The third-order valence-corrected chi connectivity index (χ3v) is 5.82. The minimum absolute atomic E-state index is 0.525. The minimum Gasteiger partial charge on any atom is -0.0622 e. The molecule has 4 rings (SSSR count). The number of hydrogen-bond donors (Lipinski definition) is 0. The molecule has 0 fully saturated rings. The van der Waals surface area contributed by atoms with E-state index >= 15 is 0 Å². The highest BCUT2D eigenvalue weighted by atomic mass is 14.2. The maximum atomic E-state index is 2.41. The number of hydrogen-bond acceptors (Lipinski definition) is 0. The first kappa shape index (κ1) is 17.8. The van der Waals surface area contributed by atoms with Crippen LogP contribution in [0.3, 0.4) is 0 Å². The molecule has 0 heteroatoms. The summed E-state index contributed by atoms with van der Waals surface area (Å²) < 4.78 is 0. The number of benzene rings is 4. The first-order chi connectivity index (χ1) is 13.0. The molecular weight excluding hydrogens is 324 g/mol. The summed E-state index contributed by atoms with van der Waals surface area (Å²) in [6, 6.07) is 24.9. The Bertz CT molecular complexity index is 1120. The molecule has 27 heavy (non-hydrogen) atoms. The molecule has 0 heterocycles. The molecule has 0 nitrogen and oxygen atoms in total. The molecule has 0 aliphatic rings. The molecular formula is C27H28. The Morgan fingerprint density at radius 3 is 1.63 bits per heavy atom. The molecule has 0 bridgehead atoms. The van der Waals surface area contributed by atoms with E-state index in [4.69, 9.17) is 0 Å². The maximum Gasteiger partial charge on any atom is -0.00696 e. The second-order valence-electron chi connectivity index (χ2n) is 8.29. The van der Waals surface area contributed by atoms with E-state index in [1.165, 1.54) is 49.4 Å². The smallest absolute Gasteiger partial charge is 0.00696 e. The van der Waals surface area contributed by atoms with Gasteiger partial charge >= 0.3 is 0 Å². The van der Waals surface area contributed by atoms with Crippen molar-refractivity contribution in [2.24, 2.45) is 0 Å². The van der Waals surface area contributed by atoms with Gasteiger partial charge in [0.15, 0.2) is 0 Å². The van der Waals surface area contributed by atoms with Crippen molar-refractivity contribution in [3.63, 3.8) is 0 Å². The van der Waals surface area contributed by atoms with Gasteiger partial charge in [-0.15, -0.1) is 0 Å². The normalized spacial score (nSPS) is 11.8. The van der Waals surface area contributed by atoms with E-state index in [1.54, 1.807) is 0 Å². The lowest BCUT2D eigenvalue weighted by molar-refractivity contribution is 0.868. The van der Waals surface area contributed by atoms with Gasteiger partial charge in [0.2, 0.25) is 0 Å². The van der Waals surface area contributed by atoms with Crippen LogP contribution in [0.15, 0.2) is 66.7 Å². The quantitative estimate of drug-likeness (QED) is 0.326. The van der Waals surface area contributed by atoms with Gasteiger partial charge in [-0.1, -0.05) is 94.4 Å². The molecule has 0 aliphatic carbocycles. The van der Waals surface area contributed by atoms with Gasteiger partial charge in [-0.05, 0) is 68.1 Å².